The Morgan fingerprint density at radius 1 is 0.617 bits per heavy atom. The summed E-state index contributed by atoms with van der Waals surface area (Å²) in [7, 11) is -0.0293. The van der Waals surface area contributed by atoms with Gasteiger partial charge in [0.1, 0.15) is 28.9 Å². The molecule has 0 saturated carbocycles. The highest BCUT2D eigenvalue weighted by molar-refractivity contribution is 7.95. The fraction of sp³-hybridized carbons (Fsp3) is 0.289. The molecule has 246 valence electrons. The molecule has 0 atom stereocenters. The third-order valence-electron chi connectivity index (χ3n) is 7.78. The van der Waals surface area contributed by atoms with Gasteiger partial charge >= 0.3 is 18.0 Å². The van der Waals surface area contributed by atoms with E-state index in [4.69, 9.17) is 14.2 Å². The molecule has 1 amide bonds. The lowest BCUT2D eigenvalue weighted by atomic mass is 10.2. The lowest BCUT2D eigenvalue weighted by Crippen LogP contribution is -2.38. The summed E-state index contributed by atoms with van der Waals surface area (Å²) in [4.78, 5) is 37.9. The maximum Gasteiger partial charge on any atom is 0.415 e. The van der Waals surface area contributed by atoms with Crippen LogP contribution in [0.1, 0.15) is 39.5 Å². The van der Waals surface area contributed by atoms with Gasteiger partial charge in [-0.25, -0.2) is 4.79 Å². The average Bonchev–Trinajstić information content (AvgIpc) is 3.08. The van der Waals surface area contributed by atoms with Crippen molar-refractivity contribution in [1.82, 2.24) is 10.2 Å². The average molecular weight is 656 g/mol. The van der Waals surface area contributed by atoms with Crippen LogP contribution in [0.3, 0.4) is 0 Å². The van der Waals surface area contributed by atoms with Crippen LogP contribution in [-0.2, 0) is 9.59 Å². The summed E-state index contributed by atoms with van der Waals surface area (Å²) >= 11 is 0. The topological polar surface area (TPSA) is 94.2 Å². The van der Waals surface area contributed by atoms with Crippen molar-refractivity contribution in [3.8, 4) is 17.2 Å². The molecular formula is C38H44N2O6P+. The van der Waals surface area contributed by atoms with Gasteiger partial charge in [0.05, 0.1) is 6.16 Å². The summed E-state index contributed by atoms with van der Waals surface area (Å²) in [6.07, 6.45) is 4.44. The summed E-state index contributed by atoms with van der Waals surface area (Å²) in [5.41, 5.74) is 0. The van der Waals surface area contributed by atoms with Gasteiger partial charge in [0.15, 0.2) is 11.5 Å². The summed E-state index contributed by atoms with van der Waals surface area (Å²) in [5, 5.41) is 7.25. The molecule has 4 rings (SSSR count). The zero-order valence-corrected chi connectivity index (χ0v) is 28.3. The van der Waals surface area contributed by atoms with Crippen LogP contribution in [-0.4, -0.2) is 55.8 Å². The Labute approximate surface area is 278 Å². The Bertz CT molecular complexity index is 1490. The maximum absolute atomic E-state index is 13.2. The molecule has 0 aromatic heterocycles. The zero-order valence-electron chi connectivity index (χ0n) is 27.4. The highest BCUT2D eigenvalue weighted by atomic mass is 31.2. The zero-order chi connectivity index (χ0) is 33.5. The highest BCUT2D eigenvalue weighted by Gasteiger charge is 2.44. The fourth-order valence-corrected chi connectivity index (χ4v) is 10.0. The van der Waals surface area contributed by atoms with Crippen LogP contribution in [0.2, 0.25) is 0 Å². The number of nitrogens with one attached hydrogen (secondary N) is 1. The van der Waals surface area contributed by atoms with Crippen molar-refractivity contribution in [1.29, 1.82) is 0 Å². The lowest BCUT2D eigenvalue weighted by Gasteiger charge is -2.28. The van der Waals surface area contributed by atoms with Crippen LogP contribution in [0, 0.1) is 0 Å². The van der Waals surface area contributed by atoms with Gasteiger partial charge in [-0.2, -0.15) is 0 Å². The van der Waals surface area contributed by atoms with Crippen molar-refractivity contribution < 1.29 is 28.6 Å². The van der Waals surface area contributed by atoms with Crippen LogP contribution in [0.25, 0.3) is 0 Å². The van der Waals surface area contributed by atoms with Crippen LogP contribution in [0.5, 0.6) is 17.2 Å². The Balaban J connectivity index is 1.41. The lowest BCUT2D eigenvalue weighted by molar-refractivity contribution is -0.134. The standard InChI is InChI=1S/C38H44N2O6P/c1-30(41)44-36-24-23-32(29-37(36)45-31(2)42)46-38(43)40(27-25-39-3)26-15-4-5-16-28-47(33-17-9-6-10-18-33,34-19-11-7-12-20-34)35-21-13-8-14-22-35/h6-14,17-24,29,39H,4-5,15-16,25-28H2,1-3H3/q+1. The summed E-state index contributed by atoms with van der Waals surface area (Å²) in [5.74, 6) is -0.903. The Morgan fingerprint density at radius 3 is 1.64 bits per heavy atom. The second kappa shape index (κ2) is 18.0. The van der Waals surface area contributed by atoms with E-state index in [2.05, 4.69) is 96.3 Å². The minimum atomic E-state index is -1.87. The molecule has 0 radical (unpaired) electrons. The molecule has 0 fully saturated rings. The van der Waals surface area contributed by atoms with E-state index in [0.717, 1.165) is 31.8 Å². The number of amides is 1. The first kappa shape index (κ1) is 35.3. The number of carbonyl (C=O) groups is 3. The molecule has 0 aliphatic carbocycles. The molecule has 0 unspecified atom stereocenters. The van der Waals surface area contributed by atoms with Crippen molar-refractivity contribution in [3.05, 3.63) is 109 Å². The smallest absolute Gasteiger partial charge is 0.415 e. The van der Waals surface area contributed by atoms with Crippen LogP contribution in [0.15, 0.2) is 109 Å². The van der Waals surface area contributed by atoms with Gasteiger partial charge in [0.2, 0.25) is 0 Å². The van der Waals surface area contributed by atoms with Crippen molar-refractivity contribution in [2.75, 3.05) is 32.8 Å². The van der Waals surface area contributed by atoms with E-state index in [-0.39, 0.29) is 17.2 Å². The molecule has 4 aromatic rings. The first-order valence-corrected chi connectivity index (χ1v) is 18.0. The summed E-state index contributed by atoms with van der Waals surface area (Å²) < 4.78 is 15.9. The van der Waals surface area contributed by atoms with Crippen molar-refractivity contribution >= 4 is 41.2 Å². The predicted octanol–water partition coefficient (Wildman–Crippen LogP) is 6.11. The Kier molecular flexibility index (Phi) is 13.5. The van der Waals surface area contributed by atoms with E-state index < -0.39 is 25.3 Å². The molecule has 4 aromatic carbocycles. The molecule has 0 aliphatic rings. The van der Waals surface area contributed by atoms with E-state index in [1.807, 2.05) is 7.05 Å². The second-order valence-corrected chi connectivity index (χ2v) is 14.8. The third-order valence-corrected chi connectivity index (χ3v) is 12.3. The SMILES string of the molecule is CNCCN(CCCCCC[P+](c1ccccc1)(c1ccccc1)c1ccccc1)C(=O)Oc1ccc(OC(C)=O)c(OC(C)=O)c1. The van der Waals surface area contributed by atoms with Gasteiger partial charge < -0.3 is 24.4 Å². The third kappa shape index (κ3) is 9.98. The van der Waals surface area contributed by atoms with E-state index in [1.54, 1.807) is 4.90 Å². The van der Waals surface area contributed by atoms with Crippen LogP contribution >= 0.6 is 7.26 Å². The van der Waals surface area contributed by atoms with Gasteiger partial charge in [-0.1, -0.05) is 61.0 Å². The molecule has 8 nitrogen and oxygen atoms in total. The molecule has 9 heteroatoms. The van der Waals surface area contributed by atoms with Crippen molar-refractivity contribution in [2.45, 2.75) is 39.5 Å². The van der Waals surface area contributed by atoms with Crippen molar-refractivity contribution in [2.24, 2.45) is 0 Å². The Morgan fingerprint density at radius 2 is 1.13 bits per heavy atom. The molecular weight excluding hydrogens is 611 g/mol. The van der Waals surface area contributed by atoms with Gasteiger partial charge in [-0.05, 0) is 74.8 Å². The molecule has 0 aliphatic heterocycles. The number of ether oxygens (including phenoxy) is 3. The summed E-state index contributed by atoms with van der Waals surface area (Å²) in [6, 6.07) is 37.0. The number of benzene rings is 4. The van der Waals surface area contributed by atoms with E-state index >= 15 is 0 Å². The first-order chi connectivity index (χ1) is 22.8. The van der Waals surface area contributed by atoms with E-state index in [0.29, 0.717) is 19.6 Å². The van der Waals surface area contributed by atoms with Gasteiger partial charge in [0, 0.05) is 39.5 Å². The van der Waals surface area contributed by atoms with Crippen LogP contribution in [0.4, 0.5) is 4.79 Å². The number of rotatable bonds is 16. The number of carbonyl (C=O) groups excluding carboxylic acids is 3. The maximum atomic E-state index is 13.2. The number of nitrogens with zero attached hydrogens (tertiary/aromatic N) is 1. The summed E-state index contributed by atoms with van der Waals surface area (Å²) in [6.45, 7) is 4.11. The second-order valence-electron chi connectivity index (χ2n) is 11.2. The molecule has 47 heavy (non-hydrogen) atoms. The van der Waals surface area contributed by atoms with Crippen LogP contribution < -0.4 is 35.4 Å². The number of esters is 2. The van der Waals surface area contributed by atoms with Crippen molar-refractivity contribution in [3.63, 3.8) is 0 Å². The predicted molar refractivity (Wildman–Crippen MR) is 189 cm³/mol. The van der Waals surface area contributed by atoms with E-state index in [1.165, 1.54) is 48.0 Å². The molecule has 0 bridgehead atoms. The molecule has 1 N–H and O–H groups in total. The number of hydrogen-bond donors (Lipinski definition) is 1. The number of unbranched alkanes of at least 4 members (excludes halogenated alkanes) is 3. The van der Waals surface area contributed by atoms with Gasteiger partial charge in [-0.3, -0.25) is 9.59 Å². The number of likely N-dealkylation sites (N-methyl/N-ethyl adjacent to an activating group) is 1. The molecule has 0 saturated heterocycles. The quantitative estimate of drug-likeness (QED) is 0.0674. The number of hydrogen-bond acceptors (Lipinski definition) is 7. The molecule has 0 spiro atoms. The Hall–Kier alpha value is -4.52. The normalized spacial score (nSPS) is 11.0. The fourth-order valence-electron chi connectivity index (χ4n) is 5.62. The highest BCUT2D eigenvalue weighted by Crippen LogP contribution is 2.56. The monoisotopic (exact) mass is 655 g/mol. The van der Waals surface area contributed by atoms with Gasteiger partial charge in [-0.15, -0.1) is 0 Å². The van der Waals surface area contributed by atoms with E-state index in [9.17, 15) is 14.4 Å². The minimum absolute atomic E-state index is 0.000184. The largest absolute Gasteiger partial charge is 0.423 e. The van der Waals surface area contributed by atoms with Gasteiger partial charge in [0.25, 0.3) is 0 Å². The molecule has 0 heterocycles. The first-order valence-electron chi connectivity index (χ1n) is 16.0. The minimum Gasteiger partial charge on any atom is -0.423 e.